The maximum absolute atomic E-state index is 13.2. The van der Waals surface area contributed by atoms with Crippen LogP contribution in [0.5, 0.6) is 0 Å². The van der Waals surface area contributed by atoms with Crippen LogP contribution < -0.4 is 5.32 Å². The van der Waals surface area contributed by atoms with Crippen molar-refractivity contribution in [3.8, 4) is 0 Å². The summed E-state index contributed by atoms with van der Waals surface area (Å²) >= 11 is 0. The topological polar surface area (TPSA) is 95.9 Å². The lowest BCUT2D eigenvalue weighted by atomic mass is 10.0. The summed E-state index contributed by atoms with van der Waals surface area (Å²) in [6.45, 7) is 6.49. The fraction of sp³-hybridized carbons (Fsp3) is 0.895. The molecule has 0 saturated carbocycles. The maximum Gasteiger partial charge on any atom is 0.306 e. The third-order valence-electron chi connectivity index (χ3n) is 13.0. The Morgan fingerprint density at radius 3 is 1.17 bits per heavy atom. The standard InChI is InChI=1S/C57H109NO5/c1-4-7-10-13-16-19-22-25-27-28-30-31-34-37-40-43-46-49-55(60)54(52-59)58-56(61)51-53(48-45-42-39-36-33-24-21-18-15-12-9-6-3)63-57(62)50-47-44-41-38-35-32-29-26-23-20-17-14-11-8-5-2/h20,23,36,39,53-55,59-60H,4-19,21-22,24-35,37-38,40-52H2,1-3H3,(H,58,61)/b23-20-,39-36-. The summed E-state index contributed by atoms with van der Waals surface area (Å²) in [5.74, 6) is -0.494. The molecule has 0 rings (SSSR count). The summed E-state index contributed by atoms with van der Waals surface area (Å²) in [6, 6.07) is -0.707. The third kappa shape index (κ3) is 46.7. The van der Waals surface area contributed by atoms with Crippen LogP contribution in [0.1, 0.15) is 303 Å². The molecule has 0 aliphatic heterocycles. The fourth-order valence-corrected chi connectivity index (χ4v) is 8.72. The van der Waals surface area contributed by atoms with E-state index in [2.05, 4.69) is 50.4 Å². The molecule has 0 bridgehead atoms. The van der Waals surface area contributed by atoms with Crippen LogP contribution in [0, 0.1) is 0 Å². The van der Waals surface area contributed by atoms with Crippen molar-refractivity contribution in [3.63, 3.8) is 0 Å². The minimum atomic E-state index is -0.792. The number of rotatable bonds is 51. The van der Waals surface area contributed by atoms with E-state index in [0.29, 0.717) is 19.3 Å². The lowest BCUT2D eigenvalue weighted by molar-refractivity contribution is -0.151. The number of allylic oxidation sites excluding steroid dienone is 4. The van der Waals surface area contributed by atoms with Crippen molar-refractivity contribution >= 4 is 11.9 Å². The van der Waals surface area contributed by atoms with E-state index in [-0.39, 0.29) is 24.9 Å². The van der Waals surface area contributed by atoms with Crippen LogP contribution in [0.2, 0.25) is 0 Å². The first-order valence-corrected chi connectivity index (χ1v) is 28.1. The van der Waals surface area contributed by atoms with Crippen molar-refractivity contribution in [2.75, 3.05) is 6.61 Å². The SMILES string of the molecule is CCCCCC/C=C\CCCCCCCCCC(=O)OC(CCC/C=C\CCCCCCCCC)CC(=O)NC(CO)C(O)CCCCCCCCCCCCCCCCCCC. The summed E-state index contributed by atoms with van der Waals surface area (Å²) in [5.41, 5.74) is 0. The van der Waals surface area contributed by atoms with Gasteiger partial charge in [0.2, 0.25) is 5.91 Å². The van der Waals surface area contributed by atoms with Gasteiger partial charge in [0.1, 0.15) is 6.10 Å². The number of amides is 1. The van der Waals surface area contributed by atoms with Gasteiger partial charge in [0.25, 0.3) is 0 Å². The zero-order chi connectivity index (χ0) is 45.9. The fourth-order valence-electron chi connectivity index (χ4n) is 8.72. The number of esters is 1. The molecule has 0 aromatic rings. The highest BCUT2D eigenvalue weighted by Gasteiger charge is 2.24. The first-order chi connectivity index (χ1) is 31.0. The van der Waals surface area contributed by atoms with Gasteiger partial charge < -0.3 is 20.3 Å². The van der Waals surface area contributed by atoms with Crippen LogP contribution in [0.4, 0.5) is 0 Å². The number of aliphatic hydroxyl groups excluding tert-OH is 2. The lowest BCUT2D eigenvalue weighted by Crippen LogP contribution is -2.46. The van der Waals surface area contributed by atoms with Gasteiger partial charge in [-0.2, -0.15) is 0 Å². The first kappa shape index (κ1) is 61.3. The van der Waals surface area contributed by atoms with Gasteiger partial charge in [-0.25, -0.2) is 0 Å². The van der Waals surface area contributed by atoms with Gasteiger partial charge in [0.15, 0.2) is 0 Å². The van der Waals surface area contributed by atoms with Gasteiger partial charge in [0.05, 0.1) is 25.2 Å². The van der Waals surface area contributed by atoms with Crippen LogP contribution in [0.3, 0.4) is 0 Å². The number of aliphatic hydroxyl groups is 2. The Bertz CT molecular complexity index is 997. The molecular formula is C57H109NO5. The smallest absolute Gasteiger partial charge is 0.306 e. The number of hydrogen-bond acceptors (Lipinski definition) is 5. The van der Waals surface area contributed by atoms with Gasteiger partial charge in [-0.3, -0.25) is 9.59 Å². The maximum atomic E-state index is 13.2. The summed E-state index contributed by atoms with van der Waals surface area (Å²) in [6.07, 6.45) is 59.6. The van der Waals surface area contributed by atoms with E-state index >= 15 is 0 Å². The van der Waals surface area contributed by atoms with Crippen LogP contribution in [0.25, 0.3) is 0 Å². The normalized spacial score (nSPS) is 13.3. The largest absolute Gasteiger partial charge is 0.462 e. The zero-order valence-corrected chi connectivity index (χ0v) is 42.5. The second-order valence-electron chi connectivity index (χ2n) is 19.3. The van der Waals surface area contributed by atoms with Crippen molar-refractivity contribution in [1.29, 1.82) is 0 Å². The molecule has 3 atom stereocenters. The first-order valence-electron chi connectivity index (χ1n) is 28.1. The van der Waals surface area contributed by atoms with Crippen LogP contribution >= 0.6 is 0 Å². The minimum absolute atomic E-state index is 0.0594. The highest BCUT2D eigenvalue weighted by Crippen LogP contribution is 2.18. The summed E-state index contributed by atoms with van der Waals surface area (Å²) in [7, 11) is 0. The molecule has 6 nitrogen and oxygen atoms in total. The predicted molar refractivity (Wildman–Crippen MR) is 273 cm³/mol. The van der Waals surface area contributed by atoms with Crippen molar-refractivity contribution in [3.05, 3.63) is 24.3 Å². The highest BCUT2D eigenvalue weighted by atomic mass is 16.5. The van der Waals surface area contributed by atoms with E-state index in [0.717, 1.165) is 51.4 Å². The van der Waals surface area contributed by atoms with Crippen molar-refractivity contribution in [2.45, 2.75) is 322 Å². The zero-order valence-electron chi connectivity index (χ0n) is 42.5. The second-order valence-corrected chi connectivity index (χ2v) is 19.3. The summed E-state index contributed by atoms with van der Waals surface area (Å²) in [4.78, 5) is 26.2. The molecule has 3 unspecified atom stereocenters. The Balaban J connectivity index is 4.49. The molecule has 3 N–H and O–H groups in total. The molecule has 0 saturated heterocycles. The molecule has 0 heterocycles. The van der Waals surface area contributed by atoms with E-state index < -0.39 is 18.2 Å². The molecule has 0 aliphatic rings. The minimum Gasteiger partial charge on any atom is -0.462 e. The average molecular weight is 889 g/mol. The van der Waals surface area contributed by atoms with Crippen molar-refractivity contribution in [2.24, 2.45) is 0 Å². The van der Waals surface area contributed by atoms with E-state index in [1.807, 2.05) is 0 Å². The molecular weight excluding hydrogens is 779 g/mol. The molecule has 0 radical (unpaired) electrons. The van der Waals surface area contributed by atoms with E-state index in [4.69, 9.17) is 4.74 Å². The number of carbonyl (C=O) groups excluding carboxylic acids is 2. The van der Waals surface area contributed by atoms with Crippen LogP contribution in [0.15, 0.2) is 24.3 Å². The van der Waals surface area contributed by atoms with E-state index in [1.54, 1.807) is 0 Å². The second kappa shape index (κ2) is 51.3. The molecule has 0 aromatic heterocycles. The average Bonchev–Trinajstić information content (AvgIpc) is 3.28. The Hall–Kier alpha value is -1.66. The van der Waals surface area contributed by atoms with Gasteiger partial charge >= 0.3 is 5.97 Å². The molecule has 0 fully saturated rings. The Morgan fingerprint density at radius 1 is 0.444 bits per heavy atom. The van der Waals surface area contributed by atoms with Gasteiger partial charge in [-0.15, -0.1) is 0 Å². The highest BCUT2D eigenvalue weighted by molar-refractivity contribution is 5.77. The molecule has 1 amide bonds. The number of hydrogen-bond donors (Lipinski definition) is 3. The Kier molecular flexibility index (Phi) is 50.0. The molecule has 372 valence electrons. The Labute approximate surface area is 392 Å². The van der Waals surface area contributed by atoms with Gasteiger partial charge in [0, 0.05) is 6.42 Å². The number of unbranched alkanes of at least 4 members (excludes halogenated alkanes) is 35. The molecule has 0 aliphatic carbocycles. The number of carbonyl (C=O) groups is 2. The molecule has 6 heteroatoms. The van der Waals surface area contributed by atoms with E-state index in [1.165, 1.54) is 205 Å². The monoisotopic (exact) mass is 888 g/mol. The third-order valence-corrected chi connectivity index (χ3v) is 13.0. The quantitative estimate of drug-likeness (QED) is 0.0321. The molecule has 0 aromatic carbocycles. The molecule has 0 spiro atoms. The molecule has 63 heavy (non-hydrogen) atoms. The number of ether oxygens (including phenoxy) is 1. The van der Waals surface area contributed by atoms with E-state index in [9.17, 15) is 19.8 Å². The summed E-state index contributed by atoms with van der Waals surface area (Å²) in [5, 5.41) is 23.8. The summed E-state index contributed by atoms with van der Waals surface area (Å²) < 4.78 is 5.93. The number of nitrogens with one attached hydrogen (secondary N) is 1. The van der Waals surface area contributed by atoms with Crippen molar-refractivity contribution in [1.82, 2.24) is 5.32 Å². The lowest BCUT2D eigenvalue weighted by Gasteiger charge is -2.24. The predicted octanol–water partition coefficient (Wildman–Crippen LogP) is 17.1. The van der Waals surface area contributed by atoms with Gasteiger partial charge in [-0.05, 0) is 70.6 Å². The van der Waals surface area contributed by atoms with Crippen LogP contribution in [-0.4, -0.2) is 46.9 Å². The Morgan fingerprint density at radius 2 is 0.778 bits per heavy atom. The van der Waals surface area contributed by atoms with Crippen LogP contribution in [-0.2, 0) is 14.3 Å². The van der Waals surface area contributed by atoms with Gasteiger partial charge in [-0.1, -0.05) is 244 Å². The van der Waals surface area contributed by atoms with Crippen molar-refractivity contribution < 1.29 is 24.5 Å².